The van der Waals surface area contributed by atoms with Gasteiger partial charge >= 0.3 is 0 Å². The highest BCUT2D eigenvalue weighted by atomic mass is 16.5. The van der Waals surface area contributed by atoms with Crippen LogP contribution in [0.4, 0.5) is 5.69 Å². The zero-order valence-electron chi connectivity index (χ0n) is 12.6. The van der Waals surface area contributed by atoms with Crippen molar-refractivity contribution in [1.29, 1.82) is 0 Å². The van der Waals surface area contributed by atoms with Crippen LogP contribution in [-0.2, 0) is 5.41 Å². The molecular formula is C18H21NO. The number of rotatable bonds is 3. The van der Waals surface area contributed by atoms with E-state index < -0.39 is 0 Å². The standard InChI is InChI=1S/C18H21NO/c1-18(2,3)15-7-5-14(6-8-15)13-19-16-9-11-17(20-4)12-10-16/h5-13H,1-4H3. The summed E-state index contributed by atoms with van der Waals surface area (Å²) in [6.07, 6.45) is 1.88. The summed E-state index contributed by atoms with van der Waals surface area (Å²) in [6.45, 7) is 6.65. The van der Waals surface area contributed by atoms with E-state index in [1.165, 1.54) is 5.56 Å². The molecule has 0 spiro atoms. The fourth-order valence-corrected chi connectivity index (χ4v) is 1.89. The predicted molar refractivity (Wildman–Crippen MR) is 85.4 cm³/mol. The van der Waals surface area contributed by atoms with E-state index in [1.54, 1.807) is 7.11 Å². The van der Waals surface area contributed by atoms with E-state index in [1.807, 2.05) is 30.5 Å². The summed E-state index contributed by atoms with van der Waals surface area (Å²) in [6, 6.07) is 16.2. The highest BCUT2D eigenvalue weighted by Gasteiger charge is 2.12. The van der Waals surface area contributed by atoms with Crippen molar-refractivity contribution in [2.45, 2.75) is 26.2 Å². The third-order valence-electron chi connectivity index (χ3n) is 3.21. The van der Waals surface area contributed by atoms with Crippen molar-refractivity contribution in [3.63, 3.8) is 0 Å². The van der Waals surface area contributed by atoms with Gasteiger partial charge in [-0.25, -0.2) is 0 Å². The molecule has 0 N–H and O–H groups in total. The Morgan fingerprint density at radius 1 is 0.900 bits per heavy atom. The minimum atomic E-state index is 0.186. The molecule has 2 rings (SSSR count). The molecule has 104 valence electrons. The molecule has 0 fully saturated rings. The van der Waals surface area contributed by atoms with Gasteiger partial charge in [0.25, 0.3) is 0 Å². The Bertz CT molecular complexity index is 574. The van der Waals surface area contributed by atoms with Crippen LogP contribution in [0.15, 0.2) is 53.5 Å². The summed E-state index contributed by atoms with van der Waals surface area (Å²) < 4.78 is 5.13. The number of aliphatic imine (C=N–C) groups is 1. The van der Waals surface area contributed by atoms with Gasteiger partial charge in [0.15, 0.2) is 0 Å². The minimum absolute atomic E-state index is 0.186. The normalized spacial score (nSPS) is 11.8. The van der Waals surface area contributed by atoms with Gasteiger partial charge in [-0.05, 0) is 40.8 Å². The molecule has 0 aliphatic heterocycles. The molecule has 20 heavy (non-hydrogen) atoms. The highest BCUT2D eigenvalue weighted by molar-refractivity contribution is 5.82. The van der Waals surface area contributed by atoms with Crippen molar-refractivity contribution >= 4 is 11.9 Å². The van der Waals surface area contributed by atoms with E-state index in [4.69, 9.17) is 4.74 Å². The molecule has 0 heterocycles. The van der Waals surface area contributed by atoms with Crippen LogP contribution in [0.25, 0.3) is 0 Å². The molecule has 2 aromatic rings. The number of nitrogens with zero attached hydrogens (tertiary/aromatic N) is 1. The first-order valence-corrected chi connectivity index (χ1v) is 6.78. The van der Waals surface area contributed by atoms with Crippen LogP contribution >= 0.6 is 0 Å². The van der Waals surface area contributed by atoms with E-state index >= 15 is 0 Å². The van der Waals surface area contributed by atoms with E-state index in [9.17, 15) is 0 Å². The summed E-state index contributed by atoms with van der Waals surface area (Å²) >= 11 is 0. The first-order valence-electron chi connectivity index (χ1n) is 6.78. The second kappa shape index (κ2) is 5.91. The first kappa shape index (κ1) is 14.3. The summed E-state index contributed by atoms with van der Waals surface area (Å²) in [7, 11) is 1.66. The zero-order chi connectivity index (χ0) is 14.6. The lowest BCUT2D eigenvalue weighted by Crippen LogP contribution is -2.10. The molecule has 0 saturated carbocycles. The summed E-state index contributed by atoms with van der Waals surface area (Å²) in [5.74, 6) is 0.846. The number of methoxy groups -OCH3 is 1. The molecular weight excluding hydrogens is 246 g/mol. The number of ether oxygens (including phenoxy) is 1. The van der Waals surface area contributed by atoms with Crippen LogP contribution in [0, 0.1) is 0 Å². The quantitative estimate of drug-likeness (QED) is 0.736. The Kier molecular flexibility index (Phi) is 4.23. The van der Waals surface area contributed by atoms with Crippen molar-refractivity contribution in [2.75, 3.05) is 7.11 Å². The summed E-state index contributed by atoms with van der Waals surface area (Å²) in [4.78, 5) is 4.46. The zero-order valence-corrected chi connectivity index (χ0v) is 12.6. The van der Waals surface area contributed by atoms with Crippen LogP contribution in [-0.4, -0.2) is 13.3 Å². The van der Waals surface area contributed by atoms with Gasteiger partial charge in [0.05, 0.1) is 12.8 Å². The van der Waals surface area contributed by atoms with Gasteiger partial charge in [-0.1, -0.05) is 45.0 Å². The Balaban J connectivity index is 2.10. The molecule has 0 radical (unpaired) electrons. The highest BCUT2D eigenvalue weighted by Crippen LogP contribution is 2.22. The van der Waals surface area contributed by atoms with Crippen LogP contribution in [0.1, 0.15) is 31.9 Å². The minimum Gasteiger partial charge on any atom is -0.497 e. The van der Waals surface area contributed by atoms with Crippen LogP contribution < -0.4 is 4.74 Å². The lowest BCUT2D eigenvalue weighted by atomic mass is 9.87. The number of hydrogen-bond acceptors (Lipinski definition) is 2. The topological polar surface area (TPSA) is 21.6 Å². The molecule has 0 atom stereocenters. The van der Waals surface area contributed by atoms with Crippen molar-refractivity contribution < 1.29 is 4.74 Å². The van der Waals surface area contributed by atoms with Gasteiger partial charge < -0.3 is 4.74 Å². The second-order valence-corrected chi connectivity index (χ2v) is 5.83. The van der Waals surface area contributed by atoms with E-state index in [-0.39, 0.29) is 5.41 Å². The van der Waals surface area contributed by atoms with E-state index in [2.05, 4.69) is 50.0 Å². The molecule has 0 saturated heterocycles. The van der Waals surface area contributed by atoms with E-state index in [0.29, 0.717) is 0 Å². The van der Waals surface area contributed by atoms with Gasteiger partial charge in [0, 0.05) is 6.21 Å². The van der Waals surface area contributed by atoms with Crippen molar-refractivity contribution in [2.24, 2.45) is 4.99 Å². The average Bonchev–Trinajstić information content (AvgIpc) is 2.45. The predicted octanol–water partition coefficient (Wildman–Crippen LogP) is 4.74. The van der Waals surface area contributed by atoms with Gasteiger partial charge in [-0.2, -0.15) is 0 Å². The van der Waals surface area contributed by atoms with Crippen molar-refractivity contribution in [3.8, 4) is 5.75 Å². The van der Waals surface area contributed by atoms with E-state index in [0.717, 1.165) is 17.0 Å². The lowest BCUT2D eigenvalue weighted by Gasteiger charge is -2.18. The molecule has 2 nitrogen and oxygen atoms in total. The molecule has 0 bridgehead atoms. The smallest absolute Gasteiger partial charge is 0.119 e. The maximum Gasteiger partial charge on any atom is 0.119 e. The number of benzene rings is 2. The Morgan fingerprint density at radius 3 is 2.00 bits per heavy atom. The SMILES string of the molecule is COc1ccc(N=Cc2ccc(C(C)(C)C)cc2)cc1. The van der Waals surface area contributed by atoms with Gasteiger partial charge in [-0.3, -0.25) is 4.99 Å². The third kappa shape index (κ3) is 3.70. The fourth-order valence-electron chi connectivity index (χ4n) is 1.89. The Hall–Kier alpha value is -2.09. The molecule has 0 aliphatic carbocycles. The van der Waals surface area contributed by atoms with Gasteiger partial charge in [0.1, 0.15) is 5.75 Å². The maximum atomic E-state index is 5.13. The molecule has 0 unspecified atom stereocenters. The van der Waals surface area contributed by atoms with Gasteiger partial charge in [-0.15, -0.1) is 0 Å². The van der Waals surface area contributed by atoms with Crippen molar-refractivity contribution in [3.05, 3.63) is 59.7 Å². The first-order chi connectivity index (χ1) is 9.49. The van der Waals surface area contributed by atoms with Crippen LogP contribution in [0.5, 0.6) is 5.75 Å². The third-order valence-corrected chi connectivity index (χ3v) is 3.21. The maximum absolute atomic E-state index is 5.13. The Labute approximate surface area is 121 Å². The summed E-state index contributed by atoms with van der Waals surface area (Å²) in [5.41, 5.74) is 3.55. The van der Waals surface area contributed by atoms with Gasteiger partial charge in [0.2, 0.25) is 0 Å². The fraction of sp³-hybridized carbons (Fsp3) is 0.278. The second-order valence-electron chi connectivity index (χ2n) is 5.83. The summed E-state index contributed by atoms with van der Waals surface area (Å²) in [5, 5.41) is 0. The van der Waals surface area contributed by atoms with Crippen LogP contribution in [0.3, 0.4) is 0 Å². The molecule has 2 heteroatoms. The average molecular weight is 267 g/mol. The Morgan fingerprint density at radius 2 is 1.50 bits per heavy atom. The monoisotopic (exact) mass is 267 g/mol. The molecule has 0 aromatic heterocycles. The van der Waals surface area contributed by atoms with Crippen molar-refractivity contribution in [1.82, 2.24) is 0 Å². The number of hydrogen-bond donors (Lipinski definition) is 0. The molecule has 0 aliphatic rings. The molecule has 0 amide bonds. The largest absolute Gasteiger partial charge is 0.497 e. The molecule has 2 aromatic carbocycles. The van der Waals surface area contributed by atoms with Crippen LogP contribution in [0.2, 0.25) is 0 Å². The lowest BCUT2D eigenvalue weighted by molar-refractivity contribution is 0.415.